The summed E-state index contributed by atoms with van der Waals surface area (Å²) in [4.78, 5) is 24.1. The molecule has 0 aromatic carbocycles. The molecule has 0 radical (unpaired) electrons. The summed E-state index contributed by atoms with van der Waals surface area (Å²) in [6.45, 7) is 2.20. The van der Waals surface area contributed by atoms with E-state index >= 15 is 0 Å². The average Bonchev–Trinajstić information content (AvgIpc) is 2.85. The third-order valence-corrected chi connectivity index (χ3v) is 2.76. The van der Waals surface area contributed by atoms with Crippen molar-refractivity contribution in [1.29, 1.82) is 0 Å². The van der Waals surface area contributed by atoms with Crippen LogP contribution in [-0.4, -0.2) is 48.2 Å². The van der Waals surface area contributed by atoms with E-state index in [0.717, 1.165) is 0 Å². The smallest absolute Gasteiger partial charge is 0.303 e. The molecule has 6 nitrogen and oxygen atoms in total. The first-order valence-electron chi connectivity index (χ1n) is 5.84. The number of carboxylic acid groups (broad SMARTS) is 1. The summed E-state index contributed by atoms with van der Waals surface area (Å²) < 4.78 is 10.5. The number of furan rings is 1. The van der Waals surface area contributed by atoms with Crippen LogP contribution < -0.4 is 0 Å². The first-order chi connectivity index (χ1) is 8.66. The number of aliphatic carboxylic acids is 1. The van der Waals surface area contributed by atoms with Crippen molar-refractivity contribution in [2.75, 3.05) is 26.3 Å². The Morgan fingerprint density at radius 2 is 2.00 bits per heavy atom. The number of amides is 1. The fraction of sp³-hybridized carbons (Fsp3) is 0.500. The van der Waals surface area contributed by atoms with Gasteiger partial charge < -0.3 is 19.2 Å². The van der Waals surface area contributed by atoms with Gasteiger partial charge in [0.2, 0.25) is 0 Å². The predicted molar refractivity (Wildman–Crippen MR) is 61.4 cm³/mol. The van der Waals surface area contributed by atoms with Gasteiger partial charge >= 0.3 is 5.97 Å². The maximum Gasteiger partial charge on any atom is 0.303 e. The van der Waals surface area contributed by atoms with E-state index in [9.17, 15) is 9.59 Å². The number of nitrogens with zero attached hydrogens (tertiary/aromatic N) is 1. The Balaban J connectivity index is 1.95. The molecule has 0 spiro atoms. The summed E-state index contributed by atoms with van der Waals surface area (Å²) in [6.07, 6.45) is 0.296. The van der Waals surface area contributed by atoms with Gasteiger partial charge in [-0.05, 0) is 12.1 Å². The number of rotatable bonds is 4. The van der Waals surface area contributed by atoms with Gasteiger partial charge in [-0.15, -0.1) is 0 Å². The molecule has 0 bridgehead atoms. The standard InChI is InChI=1S/C12H15NO5/c14-11(15)4-2-9-1-3-10(18-9)12(16)13-5-7-17-8-6-13/h1,3H,2,4-8H2,(H,14,15). The molecule has 1 aliphatic rings. The van der Waals surface area contributed by atoms with Crippen LogP contribution in [0.4, 0.5) is 0 Å². The Bertz CT molecular complexity index is 433. The number of carbonyl (C=O) groups is 2. The van der Waals surface area contributed by atoms with Gasteiger partial charge in [0.25, 0.3) is 5.91 Å². The molecule has 6 heteroatoms. The van der Waals surface area contributed by atoms with Gasteiger partial charge in [0.15, 0.2) is 5.76 Å². The zero-order valence-electron chi connectivity index (χ0n) is 9.92. The lowest BCUT2D eigenvalue weighted by Gasteiger charge is -2.25. The van der Waals surface area contributed by atoms with Crippen LogP contribution in [-0.2, 0) is 16.0 Å². The summed E-state index contributed by atoms with van der Waals surface area (Å²) >= 11 is 0. The molecule has 0 saturated carbocycles. The second kappa shape index (κ2) is 5.68. The monoisotopic (exact) mass is 253 g/mol. The van der Waals surface area contributed by atoms with E-state index in [0.29, 0.717) is 38.5 Å². The van der Waals surface area contributed by atoms with Crippen LogP contribution in [0, 0.1) is 0 Å². The second-order valence-corrected chi connectivity index (χ2v) is 4.06. The summed E-state index contributed by atoms with van der Waals surface area (Å²) in [5.74, 6) is -0.265. The highest BCUT2D eigenvalue weighted by atomic mass is 16.5. The molecule has 2 heterocycles. The Labute approximate surface area is 104 Å². The van der Waals surface area contributed by atoms with Crippen molar-refractivity contribution >= 4 is 11.9 Å². The first kappa shape index (κ1) is 12.6. The van der Waals surface area contributed by atoms with Crippen LogP contribution in [0.5, 0.6) is 0 Å². The van der Waals surface area contributed by atoms with Gasteiger partial charge in [0, 0.05) is 19.5 Å². The number of carboxylic acids is 1. The molecule has 98 valence electrons. The topological polar surface area (TPSA) is 80.0 Å². The molecule has 1 aromatic rings. The van der Waals surface area contributed by atoms with Crippen molar-refractivity contribution in [2.24, 2.45) is 0 Å². The van der Waals surface area contributed by atoms with E-state index in [4.69, 9.17) is 14.3 Å². The molecule has 1 saturated heterocycles. The Morgan fingerprint density at radius 1 is 1.28 bits per heavy atom. The molecule has 1 N–H and O–H groups in total. The van der Waals surface area contributed by atoms with Gasteiger partial charge in [0.1, 0.15) is 5.76 Å². The Morgan fingerprint density at radius 3 is 2.67 bits per heavy atom. The normalized spacial score (nSPS) is 15.7. The minimum Gasteiger partial charge on any atom is -0.481 e. The van der Waals surface area contributed by atoms with Crippen molar-refractivity contribution in [3.8, 4) is 0 Å². The van der Waals surface area contributed by atoms with Crippen molar-refractivity contribution in [1.82, 2.24) is 4.90 Å². The highest BCUT2D eigenvalue weighted by Crippen LogP contribution is 2.13. The second-order valence-electron chi connectivity index (χ2n) is 4.06. The lowest BCUT2D eigenvalue weighted by atomic mass is 10.2. The average molecular weight is 253 g/mol. The lowest BCUT2D eigenvalue weighted by molar-refractivity contribution is -0.137. The van der Waals surface area contributed by atoms with Crippen molar-refractivity contribution in [2.45, 2.75) is 12.8 Å². The zero-order chi connectivity index (χ0) is 13.0. The van der Waals surface area contributed by atoms with Crippen LogP contribution in [0.2, 0.25) is 0 Å². The molecule has 0 atom stereocenters. The summed E-state index contributed by atoms with van der Waals surface area (Å²) in [5, 5.41) is 8.56. The van der Waals surface area contributed by atoms with Crippen molar-refractivity contribution < 1.29 is 23.8 Å². The summed E-state index contributed by atoms with van der Waals surface area (Å²) in [6, 6.07) is 3.24. The molecule has 18 heavy (non-hydrogen) atoms. The minimum absolute atomic E-state index is 0.00129. The van der Waals surface area contributed by atoms with Crippen LogP contribution in [0.15, 0.2) is 16.5 Å². The van der Waals surface area contributed by atoms with Gasteiger partial charge in [-0.3, -0.25) is 9.59 Å². The molecule has 2 rings (SSSR count). The third kappa shape index (κ3) is 3.10. The van der Waals surface area contributed by atoms with Crippen LogP contribution in [0.25, 0.3) is 0 Å². The zero-order valence-corrected chi connectivity index (χ0v) is 9.92. The third-order valence-electron chi connectivity index (χ3n) is 2.76. The van der Waals surface area contributed by atoms with Crippen LogP contribution in [0.1, 0.15) is 22.7 Å². The first-order valence-corrected chi connectivity index (χ1v) is 5.84. The molecule has 1 aliphatic heterocycles. The van der Waals surface area contributed by atoms with E-state index < -0.39 is 5.97 Å². The van der Waals surface area contributed by atoms with Gasteiger partial charge in [0.05, 0.1) is 19.6 Å². The number of morpholine rings is 1. The highest BCUT2D eigenvalue weighted by molar-refractivity contribution is 5.91. The molecular formula is C12H15NO5. The molecule has 1 fully saturated rings. The number of ether oxygens (including phenoxy) is 1. The molecule has 0 aliphatic carbocycles. The Kier molecular flexibility index (Phi) is 3.99. The quantitative estimate of drug-likeness (QED) is 0.857. The maximum absolute atomic E-state index is 12.0. The molecule has 1 amide bonds. The van der Waals surface area contributed by atoms with Crippen LogP contribution >= 0.6 is 0 Å². The van der Waals surface area contributed by atoms with Gasteiger partial charge in [-0.2, -0.15) is 0 Å². The maximum atomic E-state index is 12.0. The summed E-state index contributed by atoms with van der Waals surface area (Å²) in [7, 11) is 0. The van der Waals surface area contributed by atoms with E-state index in [-0.39, 0.29) is 18.1 Å². The van der Waals surface area contributed by atoms with E-state index in [1.807, 2.05) is 0 Å². The molecule has 1 aromatic heterocycles. The molecular weight excluding hydrogens is 238 g/mol. The van der Waals surface area contributed by atoms with Gasteiger partial charge in [-0.1, -0.05) is 0 Å². The summed E-state index contributed by atoms with van der Waals surface area (Å²) in [5.41, 5.74) is 0. The number of aryl methyl sites for hydroxylation is 1. The lowest BCUT2D eigenvalue weighted by Crippen LogP contribution is -2.40. The highest BCUT2D eigenvalue weighted by Gasteiger charge is 2.21. The van der Waals surface area contributed by atoms with E-state index in [1.165, 1.54) is 0 Å². The Hall–Kier alpha value is -1.82. The number of hydrogen-bond donors (Lipinski definition) is 1. The van der Waals surface area contributed by atoms with Gasteiger partial charge in [-0.25, -0.2) is 0 Å². The number of hydrogen-bond acceptors (Lipinski definition) is 4. The van der Waals surface area contributed by atoms with E-state index in [1.54, 1.807) is 17.0 Å². The number of carbonyl (C=O) groups excluding carboxylic acids is 1. The fourth-order valence-corrected chi connectivity index (χ4v) is 1.78. The van der Waals surface area contributed by atoms with E-state index in [2.05, 4.69) is 0 Å². The fourth-order valence-electron chi connectivity index (χ4n) is 1.78. The van der Waals surface area contributed by atoms with Crippen LogP contribution in [0.3, 0.4) is 0 Å². The minimum atomic E-state index is -0.882. The predicted octanol–water partition coefficient (Wildman–Crippen LogP) is 0.769. The largest absolute Gasteiger partial charge is 0.481 e. The molecule has 0 unspecified atom stereocenters. The SMILES string of the molecule is O=C(O)CCc1ccc(C(=O)N2CCOCC2)o1. The van der Waals surface area contributed by atoms with Crippen molar-refractivity contribution in [3.63, 3.8) is 0 Å². The van der Waals surface area contributed by atoms with Crippen molar-refractivity contribution in [3.05, 3.63) is 23.7 Å².